The predicted octanol–water partition coefficient (Wildman–Crippen LogP) is -2.41. The van der Waals surface area contributed by atoms with E-state index in [1.54, 1.807) is 0 Å². The second-order valence-corrected chi connectivity index (χ2v) is 3.24. The molecule has 0 aliphatic carbocycles. The Hall–Kier alpha value is -2.97. The van der Waals surface area contributed by atoms with E-state index in [-0.39, 0.29) is 0 Å². The molecule has 15 heteroatoms. The number of rotatable bonds is 10. The van der Waals surface area contributed by atoms with Crippen molar-refractivity contribution in [3.05, 3.63) is 30.3 Å². The summed E-state index contributed by atoms with van der Waals surface area (Å²) in [5, 5.41) is 26.4. The van der Waals surface area contributed by atoms with E-state index in [2.05, 4.69) is 14.5 Å². The Morgan fingerprint density at radius 3 is 1.45 bits per heavy atom. The maximum absolute atomic E-state index is 11.5. The molecule has 15 nitrogen and oxygen atoms in total. The lowest BCUT2D eigenvalue weighted by molar-refractivity contribution is -0.780. The standard InChI is InChI=1S/C5H9N5O10/c6-7-4(11)5(1-18-8(12)13,2-19-9(14)15)3-20-10(16)17/h1-3,6H2,(H,7,11). The van der Waals surface area contributed by atoms with E-state index in [0.717, 1.165) is 0 Å². The van der Waals surface area contributed by atoms with Crippen molar-refractivity contribution in [2.45, 2.75) is 0 Å². The molecule has 0 spiro atoms. The van der Waals surface area contributed by atoms with Crippen molar-refractivity contribution in [1.82, 2.24) is 5.43 Å². The topological polar surface area (TPSA) is 212 Å². The Kier molecular flexibility index (Phi) is 6.35. The second kappa shape index (κ2) is 7.46. The van der Waals surface area contributed by atoms with Gasteiger partial charge in [0, 0.05) is 0 Å². The molecule has 20 heavy (non-hydrogen) atoms. The fraction of sp³-hybridized carbons (Fsp3) is 0.800. The minimum Gasteiger partial charge on any atom is -0.313 e. The van der Waals surface area contributed by atoms with Crippen LogP contribution in [-0.2, 0) is 19.3 Å². The number of nitrogens with one attached hydrogen (secondary N) is 1. The Morgan fingerprint density at radius 1 is 0.950 bits per heavy atom. The first-order chi connectivity index (χ1) is 9.23. The van der Waals surface area contributed by atoms with Gasteiger partial charge in [-0.1, -0.05) is 0 Å². The molecular weight excluding hydrogens is 290 g/mol. The predicted molar refractivity (Wildman–Crippen MR) is 53.6 cm³/mol. The van der Waals surface area contributed by atoms with Crippen LogP contribution in [0.4, 0.5) is 0 Å². The normalized spacial score (nSPS) is 10.2. The Morgan fingerprint density at radius 2 is 1.25 bits per heavy atom. The minimum absolute atomic E-state index is 1.11. The molecule has 0 aromatic carbocycles. The highest BCUT2D eigenvalue weighted by Gasteiger charge is 2.42. The van der Waals surface area contributed by atoms with Crippen LogP contribution in [0.2, 0.25) is 0 Å². The third-order valence-corrected chi connectivity index (χ3v) is 1.95. The molecule has 1 amide bonds. The van der Waals surface area contributed by atoms with Crippen LogP contribution in [0.1, 0.15) is 0 Å². The van der Waals surface area contributed by atoms with E-state index < -0.39 is 46.4 Å². The summed E-state index contributed by atoms with van der Waals surface area (Å²) in [6.07, 6.45) is 0. The molecule has 0 rings (SSSR count). The summed E-state index contributed by atoms with van der Waals surface area (Å²) in [7, 11) is 0. The average Bonchev–Trinajstić information content (AvgIpc) is 2.36. The van der Waals surface area contributed by atoms with E-state index in [9.17, 15) is 35.1 Å². The van der Waals surface area contributed by atoms with Crippen LogP contribution in [0.5, 0.6) is 0 Å². The van der Waals surface area contributed by atoms with Crippen LogP contribution in [-0.4, -0.2) is 41.0 Å². The number of hydrogen-bond donors (Lipinski definition) is 2. The van der Waals surface area contributed by atoms with Gasteiger partial charge in [-0.15, -0.1) is 30.3 Å². The Bertz CT molecular complexity index is 352. The fourth-order valence-corrected chi connectivity index (χ4v) is 1.00. The average molecular weight is 299 g/mol. The molecule has 0 aromatic heterocycles. The molecule has 0 saturated carbocycles. The zero-order chi connectivity index (χ0) is 15.8. The quantitative estimate of drug-likeness (QED) is 0.187. The largest absolute Gasteiger partial charge is 0.313 e. The van der Waals surface area contributed by atoms with Gasteiger partial charge in [-0.05, 0) is 0 Å². The van der Waals surface area contributed by atoms with E-state index in [1.165, 1.54) is 5.43 Å². The van der Waals surface area contributed by atoms with Crippen LogP contribution in [0.15, 0.2) is 0 Å². The molecule has 0 saturated heterocycles. The molecule has 0 aliphatic heterocycles. The van der Waals surface area contributed by atoms with E-state index in [1.807, 2.05) is 0 Å². The number of hydrazine groups is 1. The lowest BCUT2D eigenvalue weighted by Crippen LogP contribution is -2.53. The summed E-state index contributed by atoms with van der Waals surface area (Å²) < 4.78 is 0. The van der Waals surface area contributed by atoms with Crippen molar-refractivity contribution in [1.29, 1.82) is 0 Å². The van der Waals surface area contributed by atoms with Gasteiger partial charge in [0.25, 0.3) is 15.3 Å². The zero-order valence-electron chi connectivity index (χ0n) is 9.62. The van der Waals surface area contributed by atoms with Crippen molar-refractivity contribution < 1.29 is 34.6 Å². The van der Waals surface area contributed by atoms with Crippen molar-refractivity contribution >= 4 is 5.91 Å². The summed E-state index contributed by atoms with van der Waals surface area (Å²) >= 11 is 0. The summed E-state index contributed by atoms with van der Waals surface area (Å²) in [5.74, 6) is 3.55. The van der Waals surface area contributed by atoms with Gasteiger partial charge in [0.05, 0.1) is 0 Å². The first-order valence-corrected chi connectivity index (χ1v) is 4.56. The number of nitrogens with zero attached hydrogens (tertiary/aromatic N) is 3. The number of hydrogen-bond acceptors (Lipinski definition) is 11. The third kappa shape index (κ3) is 5.58. The summed E-state index contributed by atoms with van der Waals surface area (Å²) in [6, 6.07) is 0. The van der Waals surface area contributed by atoms with E-state index >= 15 is 0 Å². The first kappa shape index (κ1) is 17.0. The molecule has 0 unspecified atom stereocenters. The molecule has 3 N–H and O–H groups in total. The van der Waals surface area contributed by atoms with Gasteiger partial charge < -0.3 is 14.5 Å². The minimum atomic E-state index is -2.26. The molecule has 0 aliphatic rings. The Labute approximate surface area is 108 Å². The van der Waals surface area contributed by atoms with Crippen molar-refractivity contribution in [2.24, 2.45) is 11.3 Å². The molecule has 114 valence electrons. The third-order valence-electron chi connectivity index (χ3n) is 1.95. The lowest BCUT2D eigenvalue weighted by atomic mass is 9.90. The van der Waals surface area contributed by atoms with Crippen LogP contribution in [0.3, 0.4) is 0 Å². The summed E-state index contributed by atoms with van der Waals surface area (Å²) in [4.78, 5) is 53.5. The molecule has 0 aromatic rings. The van der Waals surface area contributed by atoms with Crippen molar-refractivity contribution in [3.63, 3.8) is 0 Å². The molecule has 0 fully saturated rings. The number of carbonyl (C=O) groups is 1. The fourth-order valence-electron chi connectivity index (χ4n) is 1.00. The van der Waals surface area contributed by atoms with Gasteiger partial charge in [-0.3, -0.25) is 10.2 Å². The lowest BCUT2D eigenvalue weighted by Gasteiger charge is -2.27. The van der Waals surface area contributed by atoms with E-state index in [4.69, 9.17) is 5.84 Å². The highest BCUT2D eigenvalue weighted by molar-refractivity contribution is 5.82. The highest BCUT2D eigenvalue weighted by atomic mass is 17.0. The van der Waals surface area contributed by atoms with Gasteiger partial charge in [-0.25, -0.2) is 5.84 Å². The zero-order valence-corrected chi connectivity index (χ0v) is 9.62. The van der Waals surface area contributed by atoms with Gasteiger partial charge >= 0.3 is 0 Å². The summed E-state index contributed by atoms with van der Waals surface area (Å²) in [5.41, 5.74) is -0.732. The highest BCUT2D eigenvalue weighted by Crippen LogP contribution is 2.20. The van der Waals surface area contributed by atoms with Crippen LogP contribution in [0, 0.1) is 35.8 Å². The van der Waals surface area contributed by atoms with Crippen LogP contribution < -0.4 is 11.3 Å². The van der Waals surface area contributed by atoms with Gasteiger partial charge in [0.2, 0.25) is 5.91 Å². The molecular formula is C5H9N5O10. The maximum Gasteiger partial charge on any atom is 0.294 e. The SMILES string of the molecule is NNC(=O)C(CO[N+](=O)[O-])(CO[N+](=O)[O-])CO[N+](=O)[O-]. The number of nitrogens with two attached hydrogens (primary N) is 1. The van der Waals surface area contributed by atoms with Crippen LogP contribution in [0.25, 0.3) is 0 Å². The molecule has 0 atom stereocenters. The number of carbonyl (C=O) groups excluding carboxylic acids is 1. The van der Waals surface area contributed by atoms with Gasteiger partial charge in [0.1, 0.15) is 25.2 Å². The van der Waals surface area contributed by atoms with Crippen molar-refractivity contribution in [3.8, 4) is 0 Å². The monoisotopic (exact) mass is 299 g/mol. The molecule has 0 bridgehead atoms. The second-order valence-electron chi connectivity index (χ2n) is 3.24. The Balaban J connectivity index is 5.13. The van der Waals surface area contributed by atoms with Crippen LogP contribution >= 0.6 is 0 Å². The number of amides is 1. The first-order valence-electron chi connectivity index (χ1n) is 4.56. The molecule has 0 radical (unpaired) electrons. The maximum atomic E-state index is 11.5. The van der Waals surface area contributed by atoms with E-state index in [0.29, 0.717) is 0 Å². The molecule has 0 heterocycles. The smallest absolute Gasteiger partial charge is 0.294 e. The van der Waals surface area contributed by atoms with Gasteiger partial charge in [-0.2, -0.15) is 0 Å². The summed E-state index contributed by atoms with van der Waals surface area (Å²) in [6.45, 7) is -3.32. The van der Waals surface area contributed by atoms with Gasteiger partial charge in [0.15, 0.2) is 0 Å². The van der Waals surface area contributed by atoms with Crippen molar-refractivity contribution in [2.75, 3.05) is 19.8 Å².